The summed E-state index contributed by atoms with van der Waals surface area (Å²) < 4.78 is 4.46. The standard InChI is InChI=1S/C9H9N3O2/c1-14-9(13)4-7-6(5-10)2-3-8(11)12-7/h2-3H,4H2,1H3,(H2,11,12). The van der Waals surface area contributed by atoms with Crippen LogP contribution < -0.4 is 5.73 Å². The molecule has 0 aromatic carbocycles. The van der Waals surface area contributed by atoms with Crippen molar-refractivity contribution in [3.05, 3.63) is 23.4 Å². The number of aromatic nitrogens is 1. The average Bonchev–Trinajstić information content (AvgIpc) is 2.18. The maximum absolute atomic E-state index is 10.9. The number of nitriles is 1. The first-order valence-electron chi connectivity index (χ1n) is 3.89. The number of methoxy groups -OCH3 is 1. The first-order chi connectivity index (χ1) is 6.67. The molecule has 5 nitrogen and oxygen atoms in total. The van der Waals surface area contributed by atoms with Crippen LogP contribution in [0.2, 0.25) is 0 Å². The molecule has 1 heterocycles. The minimum absolute atomic E-state index is 0.0373. The third-order valence-electron chi connectivity index (χ3n) is 1.66. The third kappa shape index (κ3) is 2.20. The highest BCUT2D eigenvalue weighted by atomic mass is 16.5. The lowest BCUT2D eigenvalue weighted by Gasteiger charge is -2.02. The lowest BCUT2D eigenvalue weighted by Crippen LogP contribution is -2.08. The number of esters is 1. The van der Waals surface area contributed by atoms with Gasteiger partial charge in [-0.2, -0.15) is 5.26 Å². The van der Waals surface area contributed by atoms with Crippen molar-refractivity contribution >= 4 is 11.8 Å². The molecule has 0 atom stereocenters. The van der Waals surface area contributed by atoms with E-state index in [0.717, 1.165) is 0 Å². The minimum Gasteiger partial charge on any atom is -0.469 e. The number of hydrogen-bond donors (Lipinski definition) is 1. The number of pyridine rings is 1. The van der Waals surface area contributed by atoms with E-state index in [4.69, 9.17) is 11.0 Å². The van der Waals surface area contributed by atoms with E-state index in [1.807, 2.05) is 6.07 Å². The second kappa shape index (κ2) is 4.23. The van der Waals surface area contributed by atoms with Gasteiger partial charge in [0, 0.05) is 0 Å². The van der Waals surface area contributed by atoms with E-state index in [9.17, 15) is 4.79 Å². The molecule has 0 bridgehead atoms. The van der Waals surface area contributed by atoms with Gasteiger partial charge in [-0.1, -0.05) is 0 Å². The minimum atomic E-state index is -0.445. The summed E-state index contributed by atoms with van der Waals surface area (Å²) in [6.07, 6.45) is -0.0373. The van der Waals surface area contributed by atoms with Crippen molar-refractivity contribution in [3.8, 4) is 6.07 Å². The number of nitrogens with zero attached hydrogens (tertiary/aromatic N) is 2. The predicted molar refractivity (Wildman–Crippen MR) is 49.1 cm³/mol. The Bertz CT molecular complexity index is 396. The number of ether oxygens (including phenoxy) is 1. The van der Waals surface area contributed by atoms with Crippen LogP contribution in [-0.4, -0.2) is 18.1 Å². The number of rotatable bonds is 2. The monoisotopic (exact) mass is 191 g/mol. The van der Waals surface area contributed by atoms with Crippen molar-refractivity contribution in [1.82, 2.24) is 4.98 Å². The maximum Gasteiger partial charge on any atom is 0.311 e. The Morgan fingerprint density at radius 3 is 3.00 bits per heavy atom. The Hall–Kier alpha value is -2.09. The molecule has 5 heteroatoms. The molecular weight excluding hydrogens is 182 g/mol. The van der Waals surface area contributed by atoms with Crippen molar-refractivity contribution in [2.75, 3.05) is 12.8 Å². The summed E-state index contributed by atoms with van der Waals surface area (Å²) in [5.41, 5.74) is 6.11. The molecule has 0 saturated carbocycles. The number of hydrogen-bond acceptors (Lipinski definition) is 5. The van der Waals surface area contributed by atoms with Gasteiger partial charge in [0.15, 0.2) is 0 Å². The van der Waals surface area contributed by atoms with Gasteiger partial charge in [-0.15, -0.1) is 0 Å². The molecule has 1 rings (SSSR count). The van der Waals surface area contributed by atoms with Crippen molar-refractivity contribution in [2.24, 2.45) is 0 Å². The molecule has 0 aliphatic heterocycles. The number of carbonyl (C=O) groups is 1. The Morgan fingerprint density at radius 1 is 1.71 bits per heavy atom. The van der Waals surface area contributed by atoms with Gasteiger partial charge in [-0.05, 0) is 12.1 Å². The van der Waals surface area contributed by atoms with Gasteiger partial charge in [0.1, 0.15) is 11.9 Å². The van der Waals surface area contributed by atoms with Crippen LogP contribution in [0.4, 0.5) is 5.82 Å². The second-order valence-electron chi connectivity index (χ2n) is 2.60. The van der Waals surface area contributed by atoms with Gasteiger partial charge >= 0.3 is 5.97 Å². The van der Waals surface area contributed by atoms with Crippen molar-refractivity contribution in [2.45, 2.75) is 6.42 Å². The van der Waals surface area contributed by atoms with Crippen LogP contribution in [0.25, 0.3) is 0 Å². The summed E-state index contributed by atoms with van der Waals surface area (Å²) in [4.78, 5) is 14.8. The van der Waals surface area contributed by atoms with Crippen molar-refractivity contribution in [1.29, 1.82) is 5.26 Å². The van der Waals surface area contributed by atoms with Crippen LogP contribution in [0.3, 0.4) is 0 Å². The fraction of sp³-hybridized carbons (Fsp3) is 0.222. The fourth-order valence-electron chi connectivity index (χ4n) is 0.964. The van der Waals surface area contributed by atoms with E-state index in [0.29, 0.717) is 11.3 Å². The van der Waals surface area contributed by atoms with Crippen LogP contribution in [0, 0.1) is 11.3 Å². The molecule has 0 aliphatic rings. The van der Waals surface area contributed by atoms with Crippen molar-refractivity contribution in [3.63, 3.8) is 0 Å². The third-order valence-corrected chi connectivity index (χ3v) is 1.66. The zero-order valence-electron chi connectivity index (χ0n) is 7.65. The largest absolute Gasteiger partial charge is 0.469 e. The SMILES string of the molecule is COC(=O)Cc1nc(N)ccc1C#N. The normalized spacial score (nSPS) is 9.14. The topological polar surface area (TPSA) is 89.0 Å². The number of nitrogen functional groups attached to an aromatic ring is 1. The molecule has 0 aliphatic carbocycles. The van der Waals surface area contributed by atoms with Gasteiger partial charge in [-0.25, -0.2) is 4.98 Å². The zero-order chi connectivity index (χ0) is 10.6. The highest BCUT2D eigenvalue weighted by Crippen LogP contribution is 2.09. The molecular formula is C9H9N3O2. The molecule has 0 radical (unpaired) electrons. The predicted octanol–water partition coefficient (Wildman–Crippen LogP) is 0.251. The molecule has 0 fully saturated rings. The first-order valence-corrected chi connectivity index (χ1v) is 3.89. The zero-order valence-corrected chi connectivity index (χ0v) is 7.65. The van der Waals surface area contributed by atoms with E-state index in [1.54, 1.807) is 0 Å². The lowest BCUT2D eigenvalue weighted by molar-refractivity contribution is -0.139. The molecule has 14 heavy (non-hydrogen) atoms. The molecule has 1 aromatic rings. The van der Waals surface area contributed by atoms with E-state index in [-0.39, 0.29) is 12.2 Å². The van der Waals surface area contributed by atoms with Crippen molar-refractivity contribution < 1.29 is 9.53 Å². The van der Waals surface area contributed by atoms with E-state index in [1.165, 1.54) is 19.2 Å². The second-order valence-corrected chi connectivity index (χ2v) is 2.60. The Labute approximate surface area is 81.1 Å². The molecule has 2 N–H and O–H groups in total. The van der Waals surface area contributed by atoms with E-state index in [2.05, 4.69) is 9.72 Å². The van der Waals surface area contributed by atoms with Crippen LogP contribution in [-0.2, 0) is 16.0 Å². The Balaban J connectivity index is 3.00. The van der Waals surface area contributed by atoms with Gasteiger partial charge in [0.05, 0.1) is 24.8 Å². The van der Waals surface area contributed by atoms with Gasteiger partial charge in [0.2, 0.25) is 0 Å². The first kappa shape index (κ1) is 9.99. The van der Waals surface area contributed by atoms with Gasteiger partial charge in [0.25, 0.3) is 0 Å². The summed E-state index contributed by atoms with van der Waals surface area (Å²) in [6.45, 7) is 0. The molecule has 72 valence electrons. The van der Waals surface area contributed by atoms with Crippen LogP contribution in [0.15, 0.2) is 12.1 Å². The Morgan fingerprint density at radius 2 is 2.43 bits per heavy atom. The van der Waals surface area contributed by atoms with E-state index >= 15 is 0 Å². The number of nitrogens with two attached hydrogens (primary N) is 1. The highest BCUT2D eigenvalue weighted by Gasteiger charge is 2.09. The number of carbonyl (C=O) groups excluding carboxylic acids is 1. The summed E-state index contributed by atoms with van der Waals surface area (Å²) in [5.74, 6) is -0.164. The smallest absolute Gasteiger partial charge is 0.311 e. The summed E-state index contributed by atoms with van der Waals surface area (Å²) in [5, 5.41) is 8.71. The van der Waals surface area contributed by atoms with Crippen LogP contribution in [0.5, 0.6) is 0 Å². The maximum atomic E-state index is 10.9. The summed E-state index contributed by atoms with van der Waals surface area (Å²) in [7, 11) is 1.28. The molecule has 0 unspecified atom stereocenters. The van der Waals surface area contributed by atoms with Gasteiger partial charge < -0.3 is 10.5 Å². The molecule has 0 amide bonds. The molecule has 1 aromatic heterocycles. The summed E-state index contributed by atoms with van der Waals surface area (Å²) in [6, 6.07) is 4.97. The van der Waals surface area contributed by atoms with Crippen LogP contribution >= 0.6 is 0 Å². The van der Waals surface area contributed by atoms with Crippen LogP contribution in [0.1, 0.15) is 11.3 Å². The summed E-state index contributed by atoms with van der Waals surface area (Å²) >= 11 is 0. The highest BCUT2D eigenvalue weighted by molar-refractivity contribution is 5.72. The lowest BCUT2D eigenvalue weighted by atomic mass is 10.1. The fourth-order valence-corrected chi connectivity index (χ4v) is 0.964. The quantitative estimate of drug-likeness (QED) is 0.677. The number of anilines is 1. The van der Waals surface area contributed by atoms with E-state index < -0.39 is 5.97 Å². The Kier molecular flexibility index (Phi) is 3.02. The molecule has 0 spiro atoms. The average molecular weight is 191 g/mol. The van der Waals surface area contributed by atoms with Gasteiger partial charge in [-0.3, -0.25) is 4.79 Å². The molecule has 0 saturated heterocycles.